The second-order valence-electron chi connectivity index (χ2n) is 4.46. The molecule has 0 aliphatic heterocycles. The highest BCUT2D eigenvalue weighted by atomic mass is 16.6. The van der Waals surface area contributed by atoms with Crippen molar-refractivity contribution in [1.29, 1.82) is 0 Å². The van der Waals surface area contributed by atoms with Gasteiger partial charge in [0.25, 0.3) is 0 Å². The van der Waals surface area contributed by atoms with E-state index < -0.39 is 5.97 Å². The van der Waals surface area contributed by atoms with E-state index in [1.165, 1.54) is 6.92 Å². The Morgan fingerprint density at radius 3 is 2.52 bits per heavy atom. The quantitative estimate of drug-likeness (QED) is 0.378. The van der Waals surface area contributed by atoms with E-state index in [4.69, 9.17) is 4.74 Å². The highest BCUT2D eigenvalue weighted by Gasteiger charge is 2.31. The van der Waals surface area contributed by atoms with Gasteiger partial charge in [0.2, 0.25) is 17.1 Å². The van der Waals surface area contributed by atoms with Crippen LogP contribution in [0.4, 0.5) is 0 Å². The molecule has 0 unspecified atom stereocenters. The average Bonchev–Trinajstić information content (AvgIpc) is 3.00. The summed E-state index contributed by atoms with van der Waals surface area (Å²) in [6, 6.07) is 4.71. The number of carbonyl (C=O) groups is 2. The molecule has 1 aliphatic carbocycles. The molecule has 0 saturated heterocycles. The summed E-state index contributed by atoms with van der Waals surface area (Å²) < 4.78 is 9.55. The second kappa shape index (κ2) is 3.92. The Morgan fingerprint density at radius 2 is 1.81 bits per heavy atom. The third-order valence-corrected chi connectivity index (χ3v) is 3.08. The average molecular weight is 282 g/mol. The first kappa shape index (κ1) is 11.6. The van der Waals surface area contributed by atoms with Crippen LogP contribution in [0.15, 0.2) is 22.8 Å². The Morgan fingerprint density at radius 1 is 1.10 bits per heavy atom. The third-order valence-electron chi connectivity index (χ3n) is 3.08. The number of hydrogen-bond donors (Lipinski definition) is 0. The van der Waals surface area contributed by atoms with Crippen LogP contribution >= 0.6 is 0 Å². The number of ether oxygens (including phenoxy) is 1. The van der Waals surface area contributed by atoms with Gasteiger partial charge in [-0.25, -0.2) is 14.6 Å². The Hall–Kier alpha value is -3.16. The van der Waals surface area contributed by atoms with Crippen LogP contribution in [0.1, 0.15) is 23.0 Å². The van der Waals surface area contributed by atoms with Gasteiger partial charge in [-0.05, 0) is 28.5 Å². The normalized spacial score (nSPS) is 12.3. The third kappa shape index (κ3) is 1.62. The van der Waals surface area contributed by atoms with Gasteiger partial charge in [0.1, 0.15) is 17.1 Å². The number of fused-ring (bicyclic) bond motifs is 4. The highest BCUT2D eigenvalue weighted by Crippen LogP contribution is 2.36. The summed E-state index contributed by atoms with van der Waals surface area (Å²) in [5.41, 5.74) is 1.96. The van der Waals surface area contributed by atoms with Crippen molar-refractivity contribution in [3.8, 4) is 17.0 Å². The molecule has 1 aromatic carbocycles. The Balaban J connectivity index is 1.95. The Kier molecular flexibility index (Phi) is 2.17. The van der Waals surface area contributed by atoms with Gasteiger partial charge in [-0.1, -0.05) is 0 Å². The van der Waals surface area contributed by atoms with Crippen molar-refractivity contribution >= 4 is 23.0 Å². The van der Waals surface area contributed by atoms with Crippen LogP contribution in [-0.4, -0.2) is 32.0 Å². The van der Waals surface area contributed by atoms with Crippen molar-refractivity contribution in [2.24, 2.45) is 0 Å². The summed E-state index contributed by atoms with van der Waals surface area (Å²) in [4.78, 5) is 31.7. The van der Waals surface area contributed by atoms with Gasteiger partial charge in [0, 0.05) is 18.1 Å². The number of aromatic nitrogens is 4. The number of carbonyl (C=O) groups excluding carboxylic acids is 2. The molecular formula is C13H6N4O4. The molecule has 0 N–H and O–H groups in total. The van der Waals surface area contributed by atoms with E-state index in [2.05, 4.69) is 24.9 Å². The van der Waals surface area contributed by atoms with Crippen molar-refractivity contribution in [2.45, 2.75) is 6.92 Å². The molecule has 8 heteroatoms. The van der Waals surface area contributed by atoms with E-state index in [0.29, 0.717) is 22.6 Å². The first-order valence-corrected chi connectivity index (χ1v) is 6.01. The van der Waals surface area contributed by atoms with Gasteiger partial charge in [0.05, 0.1) is 0 Å². The molecule has 2 heterocycles. The molecule has 0 bridgehead atoms. The topological polar surface area (TPSA) is 108 Å². The molecule has 0 atom stereocenters. The lowest BCUT2D eigenvalue weighted by atomic mass is 10.1. The first-order valence-electron chi connectivity index (χ1n) is 6.01. The van der Waals surface area contributed by atoms with E-state index in [1.807, 2.05) is 0 Å². The maximum Gasteiger partial charge on any atom is 0.308 e. The Bertz CT molecular complexity index is 931. The maximum atomic E-state index is 12.3. The van der Waals surface area contributed by atoms with Gasteiger partial charge in [0.15, 0.2) is 0 Å². The largest absolute Gasteiger partial charge is 0.427 e. The molecule has 4 rings (SSSR count). The van der Waals surface area contributed by atoms with Crippen LogP contribution in [0.3, 0.4) is 0 Å². The van der Waals surface area contributed by atoms with Crippen LogP contribution < -0.4 is 4.74 Å². The van der Waals surface area contributed by atoms with Crippen LogP contribution in [0.2, 0.25) is 0 Å². The molecule has 8 nitrogen and oxygen atoms in total. The van der Waals surface area contributed by atoms with Crippen molar-refractivity contribution in [2.75, 3.05) is 0 Å². The first-order chi connectivity index (χ1) is 10.1. The number of benzene rings is 1. The molecule has 0 spiro atoms. The standard InChI is InChI=1S/C13H6N4O4/c1-5(18)20-6-2-3-7-8(4-6)9-10(11(7)19)15-13-12(14-9)16-21-17-13/h2-4H,1H3. The fourth-order valence-corrected chi connectivity index (χ4v) is 2.26. The van der Waals surface area contributed by atoms with Gasteiger partial charge >= 0.3 is 5.97 Å². The van der Waals surface area contributed by atoms with Crippen LogP contribution in [0.5, 0.6) is 5.75 Å². The lowest BCUT2D eigenvalue weighted by Gasteiger charge is -2.03. The van der Waals surface area contributed by atoms with Crippen molar-refractivity contribution in [3.63, 3.8) is 0 Å². The van der Waals surface area contributed by atoms with E-state index >= 15 is 0 Å². The van der Waals surface area contributed by atoms with Gasteiger partial charge in [-0.15, -0.1) is 0 Å². The fraction of sp³-hybridized carbons (Fsp3) is 0.0769. The zero-order valence-electron chi connectivity index (χ0n) is 10.7. The molecule has 3 aromatic rings. The predicted octanol–water partition coefficient (Wildman–Crippen LogP) is 1.15. The number of nitrogens with zero attached hydrogens (tertiary/aromatic N) is 4. The van der Waals surface area contributed by atoms with E-state index in [1.54, 1.807) is 18.2 Å². The molecule has 0 radical (unpaired) electrons. The molecule has 0 fully saturated rings. The monoisotopic (exact) mass is 282 g/mol. The summed E-state index contributed by atoms with van der Waals surface area (Å²) in [7, 11) is 0. The molecule has 0 amide bonds. The lowest BCUT2D eigenvalue weighted by molar-refractivity contribution is -0.131. The smallest absolute Gasteiger partial charge is 0.308 e. The summed E-state index contributed by atoms with van der Waals surface area (Å²) >= 11 is 0. The predicted molar refractivity (Wildman–Crippen MR) is 67.6 cm³/mol. The number of hydrogen-bond acceptors (Lipinski definition) is 8. The van der Waals surface area contributed by atoms with Crippen LogP contribution in [0, 0.1) is 0 Å². The van der Waals surface area contributed by atoms with E-state index in [0.717, 1.165) is 0 Å². The minimum atomic E-state index is -0.443. The van der Waals surface area contributed by atoms with E-state index in [9.17, 15) is 9.59 Å². The summed E-state index contributed by atoms with van der Waals surface area (Å²) in [6.45, 7) is 1.30. The van der Waals surface area contributed by atoms with Gasteiger partial charge in [-0.3, -0.25) is 9.59 Å². The molecule has 1 aliphatic rings. The minimum Gasteiger partial charge on any atom is -0.427 e. The molecule has 0 saturated carbocycles. The highest BCUT2D eigenvalue weighted by molar-refractivity contribution is 6.20. The second-order valence-corrected chi connectivity index (χ2v) is 4.46. The zero-order valence-corrected chi connectivity index (χ0v) is 10.7. The van der Waals surface area contributed by atoms with Gasteiger partial charge < -0.3 is 4.74 Å². The summed E-state index contributed by atoms with van der Waals surface area (Å²) in [5.74, 6) is -0.365. The van der Waals surface area contributed by atoms with Crippen molar-refractivity contribution < 1.29 is 19.0 Å². The maximum absolute atomic E-state index is 12.3. The van der Waals surface area contributed by atoms with Crippen LogP contribution in [-0.2, 0) is 4.79 Å². The Labute approximate surface area is 116 Å². The summed E-state index contributed by atoms with van der Waals surface area (Å²) in [6.07, 6.45) is 0. The van der Waals surface area contributed by atoms with Crippen LogP contribution in [0.25, 0.3) is 22.6 Å². The zero-order chi connectivity index (χ0) is 14.6. The van der Waals surface area contributed by atoms with Crippen molar-refractivity contribution in [1.82, 2.24) is 20.3 Å². The number of ketones is 1. The molecular weight excluding hydrogens is 276 g/mol. The minimum absolute atomic E-state index is 0.176. The fourth-order valence-electron chi connectivity index (χ4n) is 2.26. The number of esters is 1. The van der Waals surface area contributed by atoms with Gasteiger partial charge in [-0.2, -0.15) is 0 Å². The lowest BCUT2D eigenvalue weighted by Crippen LogP contribution is -2.02. The number of rotatable bonds is 1. The molecule has 102 valence electrons. The van der Waals surface area contributed by atoms with E-state index in [-0.39, 0.29) is 22.8 Å². The molecule has 21 heavy (non-hydrogen) atoms. The SMILES string of the molecule is CC(=O)Oc1ccc2c(c1)-c1nc3nonc3nc1C2=O. The molecule has 2 aromatic heterocycles. The van der Waals surface area contributed by atoms with Crippen molar-refractivity contribution in [3.05, 3.63) is 29.5 Å². The summed E-state index contributed by atoms with van der Waals surface area (Å²) in [5, 5.41) is 7.18.